The monoisotopic (exact) mass is 282 g/mol. The second-order valence-corrected chi connectivity index (χ2v) is 7.31. The molecule has 0 aromatic heterocycles. The molecule has 3 rings (SSSR count). The average molecular weight is 282 g/mol. The van der Waals surface area contributed by atoms with E-state index in [0.29, 0.717) is 12.6 Å². The molecule has 0 aromatic carbocycles. The van der Waals surface area contributed by atoms with Crippen LogP contribution in [0.5, 0.6) is 0 Å². The second kappa shape index (κ2) is 6.74. The molecule has 0 bridgehead atoms. The lowest BCUT2D eigenvalue weighted by molar-refractivity contribution is -0.00733. The first kappa shape index (κ1) is 14.8. The Morgan fingerprint density at radius 2 is 1.70 bits per heavy atom. The van der Waals surface area contributed by atoms with Crippen LogP contribution in [-0.2, 0) is 0 Å². The van der Waals surface area contributed by atoms with Crippen molar-refractivity contribution in [1.82, 2.24) is 10.2 Å². The van der Waals surface area contributed by atoms with Crippen LogP contribution in [0.15, 0.2) is 0 Å². The van der Waals surface area contributed by atoms with Crippen molar-refractivity contribution in [1.29, 1.82) is 0 Å². The lowest BCUT2D eigenvalue weighted by Crippen LogP contribution is -2.66. The van der Waals surface area contributed by atoms with Crippen LogP contribution in [-0.4, -0.2) is 42.8 Å². The van der Waals surface area contributed by atoms with E-state index in [1.54, 1.807) is 0 Å². The molecule has 20 heavy (non-hydrogen) atoms. The second-order valence-electron chi connectivity index (χ2n) is 7.31. The molecule has 1 saturated heterocycles. The minimum Gasteiger partial charge on any atom is -0.311 e. The minimum absolute atomic E-state index is 0.181. The lowest BCUT2D eigenvalue weighted by Gasteiger charge is -2.53. The molecule has 1 N–H and O–H groups in total. The number of alkyl halides is 1. The molecule has 1 aliphatic heterocycles. The zero-order valence-electron chi connectivity index (χ0n) is 12.9. The Morgan fingerprint density at radius 1 is 1.00 bits per heavy atom. The molecule has 0 aromatic rings. The quantitative estimate of drug-likeness (QED) is 0.852. The van der Waals surface area contributed by atoms with Gasteiger partial charge in [0, 0.05) is 31.2 Å². The van der Waals surface area contributed by atoms with E-state index in [1.165, 1.54) is 64.2 Å². The predicted octanol–water partition coefficient (Wildman–Crippen LogP) is 3.51. The maximum atomic E-state index is 13.0. The first-order valence-corrected chi connectivity index (χ1v) is 8.88. The summed E-state index contributed by atoms with van der Waals surface area (Å²) in [6, 6.07) is 0.620. The molecule has 2 nitrogen and oxygen atoms in total. The molecule has 0 amide bonds. The van der Waals surface area contributed by atoms with Crippen molar-refractivity contribution in [3.63, 3.8) is 0 Å². The maximum Gasteiger partial charge on any atom is 0.102 e. The van der Waals surface area contributed by atoms with Crippen molar-refractivity contribution in [3.05, 3.63) is 0 Å². The maximum absolute atomic E-state index is 13.0. The predicted molar refractivity (Wildman–Crippen MR) is 81.7 cm³/mol. The van der Waals surface area contributed by atoms with Crippen molar-refractivity contribution in [2.24, 2.45) is 5.92 Å². The average Bonchev–Trinajstić information content (AvgIpc) is 2.52. The van der Waals surface area contributed by atoms with E-state index in [4.69, 9.17) is 0 Å². The fourth-order valence-electron chi connectivity index (χ4n) is 4.91. The Morgan fingerprint density at radius 3 is 2.40 bits per heavy atom. The third-order valence-corrected chi connectivity index (χ3v) is 6.14. The van der Waals surface area contributed by atoms with Crippen LogP contribution in [0, 0.1) is 5.92 Å². The smallest absolute Gasteiger partial charge is 0.102 e. The molecule has 3 fully saturated rings. The Hall–Kier alpha value is -0.150. The van der Waals surface area contributed by atoms with Gasteiger partial charge in [-0.3, -0.25) is 4.90 Å². The number of halogens is 1. The van der Waals surface area contributed by atoms with Crippen molar-refractivity contribution >= 4 is 0 Å². The third-order valence-electron chi connectivity index (χ3n) is 6.14. The molecule has 1 unspecified atom stereocenters. The SMILES string of the molecule is FCCN1CC(C2CCCCC2)NCC12CCCCC2. The van der Waals surface area contributed by atoms with E-state index in [-0.39, 0.29) is 12.2 Å². The highest BCUT2D eigenvalue weighted by molar-refractivity contribution is 5.01. The Labute approximate surface area is 123 Å². The number of hydrogen-bond acceptors (Lipinski definition) is 2. The van der Waals surface area contributed by atoms with Crippen molar-refractivity contribution < 1.29 is 4.39 Å². The molecular formula is C17H31FN2. The van der Waals surface area contributed by atoms with Gasteiger partial charge >= 0.3 is 0 Å². The molecule has 1 atom stereocenters. The van der Waals surface area contributed by atoms with Gasteiger partial charge in [-0.05, 0) is 31.6 Å². The fourth-order valence-corrected chi connectivity index (χ4v) is 4.91. The van der Waals surface area contributed by atoms with Crippen LogP contribution >= 0.6 is 0 Å². The standard InChI is InChI=1S/C17H31FN2/c18-11-12-20-13-16(15-7-3-1-4-8-15)19-14-17(20)9-5-2-6-10-17/h15-16,19H,1-14H2. The van der Waals surface area contributed by atoms with Gasteiger partial charge in [-0.25, -0.2) is 4.39 Å². The number of rotatable bonds is 3. The molecule has 3 aliphatic rings. The van der Waals surface area contributed by atoms with Crippen LogP contribution in [0.25, 0.3) is 0 Å². The lowest BCUT2D eigenvalue weighted by atomic mass is 9.76. The zero-order chi connectivity index (χ0) is 13.8. The normalized spacial score (nSPS) is 32.5. The van der Waals surface area contributed by atoms with Gasteiger partial charge in [0.25, 0.3) is 0 Å². The molecule has 3 heteroatoms. The zero-order valence-corrected chi connectivity index (χ0v) is 12.9. The van der Waals surface area contributed by atoms with Crippen LogP contribution in [0.2, 0.25) is 0 Å². The Balaban J connectivity index is 1.65. The van der Waals surface area contributed by atoms with Crippen LogP contribution in [0.3, 0.4) is 0 Å². The van der Waals surface area contributed by atoms with E-state index < -0.39 is 0 Å². The number of nitrogens with one attached hydrogen (secondary N) is 1. The highest BCUT2D eigenvalue weighted by Crippen LogP contribution is 2.37. The fraction of sp³-hybridized carbons (Fsp3) is 1.00. The number of nitrogens with zero attached hydrogens (tertiary/aromatic N) is 1. The van der Waals surface area contributed by atoms with Gasteiger partial charge < -0.3 is 5.32 Å². The van der Waals surface area contributed by atoms with Gasteiger partial charge in [0.05, 0.1) is 0 Å². The van der Waals surface area contributed by atoms with Crippen molar-refractivity contribution in [3.8, 4) is 0 Å². The molecular weight excluding hydrogens is 251 g/mol. The van der Waals surface area contributed by atoms with Gasteiger partial charge in [0.2, 0.25) is 0 Å². The summed E-state index contributed by atoms with van der Waals surface area (Å²) in [5, 5.41) is 3.87. The summed E-state index contributed by atoms with van der Waals surface area (Å²) in [5.74, 6) is 0.840. The Kier molecular flexibility index (Phi) is 4.98. The van der Waals surface area contributed by atoms with Gasteiger partial charge in [-0.2, -0.15) is 0 Å². The summed E-state index contributed by atoms with van der Waals surface area (Å²) in [6.45, 7) is 2.67. The van der Waals surface area contributed by atoms with Crippen LogP contribution in [0.4, 0.5) is 4.39 Å². The van der Waals surface area contributed by atoms with E-state index in [2.05, 4.69) is 10.2 Å². The molecule has 0 radical (unpaired) electrons. The summed E-state index contributed by atoms with van der Waals surface area (Å²) >= 11 is 0. The van der Waals surface area contributed by atoms with E-state index >= 15 is 0 Å². The molecule has 1 heterocycles. The molecule has 2 aliphatic carbocycles. The highest BCUT2D eigenvalue weighted by Gasteiger charge is 2.43. The van der Waals surface area contributed by atoms with E-state index in [1.807, 2.05) is 0 Å². The first-order chi connectivity index (χ1) is 9.84. The largest absolute Gasteiger partial charge is 0.311 e. The molecule has 2 saturated carbocycles. The minimum atomic E-state index is -0.181. The summed E-state index contributed by atoms with van der Waals surface area (Å²) in [4.78, 5) is 2.53. The summed E-state index contributed by atoms with van der Waals surface area (Å²) in [7, 11) is 0. The topological polar surface area (TPSA) is 15.3 Å². The van der Waals surface area contributed by atoms with Crippen LogP contribution in [0.1, 0.15) is 64.2 Å². The van der Waals surface area contributed by atoms with Crippen molar-refractivity contribution in [2.75, 3.05) is 26.3 Å². The third kappa shape index (κ3) is 3.04. The first-order valence-electron chi connectivity index (χ1n) is 8.88. The Bertz CT molecular complexity index is 295. The van der Waals surface area contributed by atoms with Crippen LogP contribution < -0.4 is 5.32 Å². The summed E-state index contributed by atoms with van der Waals surface area (Å²) in [6.07, 6.45) is 13.6. The number of hydrogen-bond donors (Lipinski definition) is 1. The van der Waals surface area contributed by atoms with Gasteiger partial charge in [-0.15, -0.1) is 0 Å². The molecule has 116 valence electrons. The highest BCUT2D eigenvalue weighted by atomic mass is 19.1. The summed E-state index contributed by atoms with van der Waals surface area (Å²) < 4.78 is 13.0. The van der Waals surface area contributed by atoms with E-state index in [9.17, 15) is 4.39 Å². The van der Waals surface area contributed by atoms with Gasteiger partial charge in [-0.1, -0.05) is 38.5 Å². The van der Waals surface area contributed by atoms with Gasteiger partial charge in [0.15, 0.2) is 0 Å². The van der Waals surface area contributed by atoms with Crippen molar-refractivity contribution in [2.45, 2.75) is 75.8 Å². The summed E-state index contributed by atoms with van der Waals surface area (Å²) in [5.41, 5.74) is 0.287. The molecule has 1 spiro atoms. The number of piperazine rings is 1. The van der Waals surface area contributed by atoms with Gasteiger partial charge in [0.1, 0.15) is 6.67 Å². The van der Waals surface area contributed by atoms with E-state index in [0.717, 1.165) is 19.0 Å².